The lowest BCUT2D eigenvalue weighted by Gasteiger charge is -2.13. The van der Waals surface area contributed by atoms with Crippen LogP contribution in [-0.2, 0) is 19.1 Å². The highest BCUT2D eigenvalue weighted by molar-refractivity contribution is 5.84. The molecule has 0 aliphatic heterocycles. The van der Waals surface area contributed by atoms with Crippen LogP contribution in [0.4, 0.5) is 8.78 Å². The van der Waals surface area contributed by atoms with Crippen molar-refractivity contribution in [1.29, 1.82) is 0 Å². The van der Waals surface area contributed by atoms with E-state index >= 15 is 0 Å². The van der Waals surface area contributed by atoms with E-state index in [0.29, 0.717) is 0 Å². The van der Waals surface area contributed by atoms with Crippen molar-refractivity contribution in [2.24, 2.45) is 5.73 Å². The second kappa shape index (κ2) is 9.20. The van der Waals surface area contributed by atoms with Gasteiger partial charge in [-0.3, -0.25) is 9.59 Å². The van der Waals surface area contributed by atoms with Crippen LogP contribution >= 0.6 is 0 Å². The molecule has 0 aromatic carbocycles. The zero-order valence-electron chi connectivity index (χ0n) is 10.1. The Morgan fingerprint density at radius 1 is 1.26 bits per heavy atom. The first kappa shape index (κ1) is 17.2. The van der Waals surface area contributed by atoms with Gasteiger partial charge in [0.1, 0.15) is 12.6 Å². The Morgan fingerprint density at radius 3 is 2.37 bits per heavy atom. The molecule has 1 atom stereocenters. The van der Waals surface area contributed by atoms with Crippen LogP contribution in [0, 0.1) is 0 Å². The monoisotopic (exact) mass is 282 g/mol. The largest absolute Gasteiger partial charge is 0.480 e. The highest BCUT2D eigenvalue weighted by Crippen LogP contribution is 1.99. The number of carboxylic acid groups (broad SMARTS) is 1. The molecular weight excluding hydrogens is 266 g/mol. The van der Waals surface area contributed by atoms with Gasteiger partial charge in [-0.2, -0.15) is 0 Å². The lowest BCUT2D eigenvalue weighted by molar-refractivity contribution is -0.142. The van der Waals surface area contributed by atoms with Crippen molar-refractivity contribution in [3.05, 3.63) is 0 Å². The Kier molecular flexibility index (Phi) is 8.34. The Morgan fingerprint density at radius 2 is 1.89 bits per heavy atom. The summed E-state index contributed by atoms with van der Waals surface area (Å²) in [6.45, 7) is -1.02. The summed E-state index contributed by atoms with van der Waals surface area (Å²) < 4.78 is 27.9. The van der Waals surface area contributed by atoms with E-state index in [2.05, 4.69) is 10.1 Å². The molecule has 0 heterocycles. The molecule has 2 amide bonds. The minimum atomic E-state index is -2.62. The number of nitrogens with one attached hydrogen (secondary N) is 1. The Bertz CT molecular complexity index is 325. The number of carbonyl (C=O) groups excluding carboxylic acids is 2. The molecule has 0 aromatic rings. The van der Waals surface area contributed by atoms with Crippen LogP contribution in [0.25, 0.3) is 0 Å². The number of alkyl halides is 2. The van der Waals surface area contributed by atoms with E-state index < -0.39 is 36.9 Å². The Labute approximate surface area is 108 Å². The molecule has 0 radical (unpaired) electrons. The number of halogens is 2. The van der Waals surface area contributed by atoms with Crippen LogP contribution in [0.1, 0.15) is 19.3 Å². The summed E-state index contributed by atoms with van der Waals surface area (Å²) in [4.78, 5) is 32.6. The first-order valence-corrected chi connectivity index (χ1v) is 5.49. The van der Waals surface area contributed by atoms with Gasteiger partial charge in [0.25, 0.3) is 6.43 Å². The lowest BCUT2D eigenvalue weighted by atomic mass is 10.1. The molecule has 0 fully saturated rings. The van der Waals surface area contributed by atoms with Crippen molar-refractivity contribution in [3.63, 3.8) is 0 Å². The SMILES string of the molecule is NC(=O)CC[C@@H](NC(=O)CCOCC(F)F)C(=O)O. The molecule has 0 bridgehead atoms. The molecule has 4 N–H and O–H groups in total. The summed E-state index contributed by atoms with van der Waals surface area (Å²) in [5.74, 6) is -2.64. The average Bonchev–Trinajstić information content (AvgIpc) is 2.29. The molecular formula is C10H16F2N2O5. The number of carbonyl (C=O) groups is 3. The fourth-order valence-electron chi connectivity index (χ4n) is 1.15. The van der Waals surface area contributed by atoms with E-state index in [0.717, 1.165) is 0 Å². The fourth-order valence-corrected chi connectivity index (χ4v) is 1.15. The van der Waals surface area contributed by atoms with E-state index in [4.69, 9.17) is 10.8 Å². The maximum absolute atomic E-state index is 11.7. The zero-order valence-corrected chi connectivity index (χ0v) is 10.1. The van der Waals surface area contributed by atoms with Crippen LogP contribution in [0.5, 0.6) is 0 Å². The molecule has 0 unspecified atom stereocenters. The molecule has 7 nitrogen and oxygen atoms in total. The molecule has 0 aliphatic rings. The molecule has 19 heavy (non-hydrogen) atoms. The van der Waals surface area contributed by atoms with Gasteiger partial charge < -0.3 is 20.9 Å². The number of hydrogen-bond acceptors (Lipinski definition) is 4. The quantitative estimate of drug-likeness (QED) is 0.466. The smallest absolute Gasteiger partial charge is 0.326 e. The van der Waals surface area contributed by atoms with Crippen molar-refractivity contribution in [1.82, 2.24) is 5.32 Å². The van der Waals surface area contributed by atoms with E-state index in [1.165, 1.54) is 0 Å². The number of amides is 2. The number of nitrogens with two attached hydrogens (primary N) is 1. The van der Waals surface area contributed by atoms with E-state index in [1.54, 1.807) is 0 Å². The van der Waals surface area contributed by atoms with Gasteiger partial charge in [0.15, 0.2) is 0 Å². The number of primary amides is 1. The minimum Gasteiger partial charge on any atom is -0.480 e. The summed E-state index contributed by atoms with van der Waals surface area (Å²) in [6.07, 6.45) is -3.18. The van der Waals surface area contributed by atoms with Gasteiger partial charge in [-0.15, -0.1) is 0 Å². The van der Waals surface area contributed by atoms with Gasteiger partial charge in [0.05, 0.1) is 6.61 Å². The third-order valence-electron chi connectivity index (χ3n) is 2.03. The highest BCUT2D eigenvalue weighted by Gasteiger charge is 2.20. The number of carboxylic acids is 1. The predicted molar refractivity (Wildman–Crippen MR) is 59.4 cm³/mol. The van der Waals surface area contributed by atoms with E-state index in [9.17, 15) is 23.2 Å². The summed E-state index contributed by atoms with van der Waals surface area (Å²) >= 11 is 0. The molecule has 0 aromatic heterocycles. The van der Waals surface area contributed by atoms with Gasteiger partial charge >= 0.3 is 5.97 Å². The number of hydrogen-bond donors (Lipinski definition) is 3. The minimum absolute atomic E-state index is 0.131. The summed E-state index contributed by atoms with van der Waals surface area (Å²) in [6, 6.07) is -1.24. The standard InChI is InChI=1S/C10H16F2N2O5/c11-7(12)5-19-4-3-9(16)14-6(10(17)18)1-2-8(13)15/h6-7H,1-5H2,(H2,13,15)(H,14,16)(H,17,18)/t6-/m1/s1. The fraction of sp³-hybridized carbons (Fsp3) is 0.700. The second-order valence-corrected chi connectivity index (χ2v) is 3.68. The molecule has 0 saturated heterocycles. The molecule has 0 aliphatic carbocycles. The molecule has 0 rings (SSSR count). The normalized spacial score (nSPS) is 12.2. The van der Waals surface area contributed by atoms with Crippen molar-refractivity contribution in [2.75, 3.05) is 13.2 Å². The first-order valence-electron chi connectivity index (χ1n) is 5.49. The molecule has 110 valence electrons. The van der Waals surface area contributed by atoms with Crippen molar-refractivity contribution in [3.8, 4) is 0 Å². The number of aliphatic carboxylic acids is 1. The van der Waals surface area contributed by atoms with Gasteiger partial charge in [-0.1, -0.05) is 0 Å². The van der Waals surface area contributed by atoms with Crippen LogP contribution < -0.4 is 11.1 Å². The lowest BCUT2D eigenvalue weighted by Crippen LogP contribution is -2.41. The Balaban J connectivity index is 3.96. The van der Waals surface area contributed by atoms with Gasteiger partial charge in [0.2, 0.25) is 11.8 Å². The van der Waals surface area contributed by atoms with Crippen LogP contribution in [0.15, 0.2) is 0 Å². The third-order valence-corrected chi connectivity index (χ3v) is 2.03. The topological polar surface area (TPSA) is 119 Å². The Hall–Kier alpha value is -1.77. The zero-order chi connectivity index (χ0) is 14.8. The number of rotatable bonds is 10. The summed E-state index contributed by atoms with van der Waals surface area (Å²) in [5, 5.41) is 10.9. The predicted octanol–water partition coefficient (Wildman–Crippen LogP) is -0.507. The average molecular weight is 282 g/mol. The maximum atomic E-state index is 11.7. The van der Waals surface area contributed by atoms with Gasteiger partial charge in [-0.05, 0) is 6.42 Å². The van der Waals surface area contributed by atoms with Gasteiger partial charge in [-0.25, -0.2) is 13.6 Å². The third kappa shape index (κ3) is 9.89. The molecule has 0 spiro atoms. The van der Waals surface area contributed by atoms with Crippen LogP contribution in [0.2, 0.25) is 0 Å². The first-order chi connectivity index (χ1) is 8.82. The molecule has 9 heteroatoms. The summed E-state index contributed by atoms with van der Waals surface area (Å²) in [5.41, 5.74) is 4.86. The number of ether oxygens (including phenoxy) is 1. The van der Waals surface area contributed by atoms with Crippen molar-refractivity contribution < 1.29 is 33.0 Å². The van der Waals surface area contributed by atoms with Crippen LogP contribution in [-0.4, -0.2) is 48.6 Å². The van der Waals surface area contributed by atoms with Crippen molar-refractivity contribution >= 4 is 17.8 Å². The van der Waals surface area contributed by atoms with E-state index in [-0.39, 0.29) is 25.9 Å². The molecule has 0 saturated carbocycles. The van der Waals surface area contributed by atoms with Crippen LogP contribution in [0.3, 0.4) is 0 Å². The van der Waals surface area contributed by atoms with E-state index in [1.807, 2.05) is 0 Å². The van der Waals surface area contributed by atoms with Gasteiger partial charge in [0, 0.05) is 12.8 Å². The summed E-state index contributed by atoms with van der Waals surface area (Å²) in [7, 11) is 0. The highest BCUT2D eigenvalue weighted by atomic mass is 19.3. The second-order valence-electron chi connectivity index (χ2n) is 3.68. The maximum Gasteiger partial charge on any atom is 0.326 e. The van der Waals surface area contributed by atoms with Crippen molar-refractivity contribution in [2.45, 2.75) is 31.7 Å².